The second-order valence-corrected chi connectivity index (χ2v) is 7.70. The van der Waals surface area contributed by atoms with E-state index >= 15 is 0 Å². The molecule has 6 nitrogen and oxygen atoms in total. The first-order valence-corrected chi connectivity index (χ1v) is 10.3. The van der Waals surface area contributed by atoms with Gasteiger partial charge in [0, 0.05) is 45.8 Å². The first-order chi connectivity index (χ1) is 14.1. The third-order valence-electron chi connectivity index (χ3n) is 5.67. The number of aliphatic imine (C=N–C) groups is 1. The van der Waals surface area contributed by atoms with Gasteiger partial charge in [-0.25, -0.2) is 9.37 Å². The van der Waals surface area contributed by atoms with Crippen LogP contribution in [0.15, 0.2) is 39.9 Å². The van der Waals surface area contributed by atoms with E-state index in [1.165, 1.54) is 37.8 Å². The average Bonchev–Trinajstić information content (AvgIpc) is 3.40. The van der Waals surface area contributed by atoms with Crippen molar-refractivity contribution in [2.75, 3.05) is 33.9 Å². The minimum absolute atomic E-state index is 0.273. The lowest BCUT2D eigenvalue weighted by atomic mass is 9.83. The molecule has 0 aliphatic heterocycles. The van der Waals surface area contributed by atoms with Gasteiger partial charge >= 0.3 is 0 Å². The molecular formula is C22H31FN4O2. The SMILES string of the molecule is CN=C(NCCc1coc(-c2ccc(F)cc2)n1)NCC1(CCOC)CCCC1. The summed E-state index contributed by atoms with van der Waals surface area (Å²) in [6.07, 6.45) is 8.50. The Morgan fingerprint density at radius 2 is 2.00 bits per heavy atom. The minimum Gasteiger partial charge on any atom is -0.444 e. The van der Waals surface area contributed by atoms with Gasteiger partial charge in [0.15, 0.2) is 5.96 Å². The lowest BCUT2D eigenvalue weighted by molar-refractivity contribution is 0.138. The van der Waals surface area contributed by atoms with Crippen LogP contribution in [0.5, 0.6) is 0 Å². The van der Waals surface area contributed by atoms with Gasteiger partial charge in [-0.1, -0.05) is 12.8 Å². The summed E-state index contributed by atoms with van der Waals surface area (Å²) in [5.74, 6) is 1.03. The lowest BCUT2D eigenvalue weighted by Crippen LogP contribution is -2.43. The molecule has 1 aromatic heterocycles. The highest BCUT2D eigenvalue weighted by Gasteiger charge is 2.33. The highest BCUT2D eigenvalue weighted by atomic mass is 19.1. The van der Waals surface area contributed by atoms with Gasteiger partial charge in [0.05, 0.1) is 5.69 Å². The molecule has 1 aliphatic rings. The zero-order valence-electron chi connectivity index (χ0n) is 17.3. The number of methoxy groups -OCH3 is 1. The predicted octanol–water partition coefficient (Wildman–Crippen LogP) is 3.79. The smallest absolute Gasteiger partial charge is 0.226 e. The molecule has 0 radical (unpaired) electrons. The van der Waals surface area contributed by atoms with Crippen LogP contribution in [0.3, 0.4) is 0 Å². The molecule has 0 spiro atoms. The maximum absolute atomic E-state index is 13.0. The number of hydrogen-bond donors (Lipinski definition) is 2. The van der Waals surface area contributed by atoms with E-state index in [9.17, 15) is 4.39 Å². The van der Waals surface area contributed by atoms with E-state index in [1.807, 2.05) is 0 Å². The Hall–Kier alpha value is -2.41. The number of aromatic nitrogens is 1. The third-order valence-corrected chi connectivity index (χ3v) is 5.67. The molecule has 0 saturated heterocycles. The van der Waals surface area contributed by atoms with Crippen molar-refractivity contribution in [1.82, 2.24) is 15.6 Å². The van der Waals surface area contributed by atoms with Gasteiger partial charge in [-0.15, -0.1) is 0 Å². The Morgan fingerprint density at radius 1 is 1.24 bits per heavy atom. The van der Waals surface area contributed by atoms with E-state index in [-0.39, 0.29) is 5.82 Å². The van der Waals surface area contributed by atoms with E-state index in [1.54, 1.807) is 32.6 Å². The molecule has 0 unspecified atom stereocenters. The van der Waals surface area contributed by atoms with Crippen molar-refractivity contribution in [3.63, 3.8) is 0 Å². The van der Waals surface area contributed by atoms with Gasteiger partial charge in [0.1, 0.15) is 12.1 Å². The predicted molar refractivity (Wildman–Crippen MR) is 112 cm³/mol. The molecule has 1 aliphatic carbocycles. The van der Waals surface area contributed by atoms with Crippen LogP contribution in [0, 0.1) is 11.2 Å². The Labute approximate surface area is 172 Å². The van der Waals surface area contributed by atoms with Gasteiger partial charge in [-0.2, -0.15) is 0 Å². The van der Waals surface area contributed by atoms with Crippen LogP contribution in [0.4, 0.5) is 4.39 Å². The molecule has 7 heteroatoms. The number of oxazole rings is 1. The fraction of sp³-hybridized carbons (Fsp3) is 0.545. The van der Waals surface area contributed by atoms with Crippen molar-refractivity contribution in [3.8, 4) is 11.5 Å². The largest absolute Gasteiger partial charge is 0.444 e. The van der Waals surface area contributed by atoms with Crippen molar-refractivity contribution < 1.29 is 13.5 Å². The fourth-order valence-corrected chi connectivity index (χ4v) is 3.91. The van der Waals surface area contributed by atoms with Crippen molar-refractivity contribution in [2.45, 2.75) is 38.5 Å². The van der Waals surface area contributed by atoms with Crippen LogP contribution in [0.2, 0.25) is 0 Å². The van der Waals surface area contributed by atoms with Crippen LogP contribution >= 0.6 is 0 Å². The van der Waals surface area contributed by atoms with E-state index in [2.05, 4.69) is 20.6 Å². The number of guanidine groups is 1. The summed E-state index contributed by atoms with van der Waals surface area (Å²) >= 11 is 0. The summed E-state index contributed by atoms with van der Waals surface area (Å²) in [7, 11) is 3.55. The molecule has 0 bridgehead atoms. The maximum atomic E-state index is 13.0. The number of rotatable bonds is 9. The molecule has 2 aromatic rings. The number of nitrogens with one attached hydrogen (secondary N) is 2. The van der Waals surface area contributed by atoms with E-state index in [0.29, 0.717) is 24.3 Å². The molecule has 1 heterocycles. The van der Waals surface area contributed by atoms with Gasteiger partial charge in [0.25, 0.3) is 0 Å². The normalized spacial score (nSPS) is 16.2. The quantitative estimate of drug-likeness (QED) is 0.493. The second kappa shape index (κ2) is 10.4. The zero-order chi connectivity index (χ0) is 20.5. The number of benzene rings is 1. The highest BCUT2D eigenvalue weighted by Crippen LogP contribution is 2.40. The zero-order valence-corrected chi connectivity index (χ0v) is 17.3. The van der Waals surface area contributed by atoms with Crippen LogP contribution in [0.25, 0.3) is 11.5 Å². The maximum Gasteiger partial charge on any atom is 0.226 e. The highest BCUT2D eigenvalue weighted by molar-refractivity contribution is 5.79. The molecule has 0 atom stereocenters. The van der Waals surface area contributed by atoms with Crippen molar-refractivity contribution in [3.05, 3.63) is 42.0 Å². The Kier molecular flexibility index (Phi) is 7.63. The summed E-state index contributed by atoms with van der Waals surface area (Å²) in [5, 5.41) is 6.84. The Balaban J connectivity index is 1.46. The fourth-order valence-electron chi connectivity index (χ4n) is 3.91. The van der Waals surface area contributed by atoms with Gasteiger partial charge in [0.2, 0.25) is 5.89 Å². The molecule has 0 amide bonds. The van der Waals surface area contributed by atoms with E-state index in [0.717, 1.165) is 36.8 Å². The monoisotopic (exact) mass is 402 g/mol. The average molecular weight is 403 g/mol. The molecule has 2 N–H and O–H groups in total. The summed E-state index contributed by atoms with van der Waals surface area (Å²) < 4.78 is 23.9. The Bertz CT molecular complexity index is 782. The summed E-state index contributed by atoms with van der Waals surface area (Å²) in [6, 6.07) is 6.13. The van der Waals surface area contributed by atoms with Gasteiger partial charge < -0.3 is 19.8 Å². The summed E-state index contributed by atoms with van der Waals surface area (Å²) in [6.45, 7) is 2.41. The van der Waals surface area contributed by atoms with Crippen LogP contribution in [-0.2, 0) is 11.2 Å². The van der Waals surface area contributed by atoms with Crippen LogP contribution in [-0.4, -0.2) is 44.8 Å². The van der Waals surface area contributed by atoms with Gasteiger partial charge in [-0.05, 0) is 48.9 Å². The van der Waals surface area contributed by atoms with Crippen LogP contribution in [0.1, 0.15) is 37.8 Å². The molecule has 1 aromatic carbocycles. The summed E-state index contributed by atoms with van der Waals surface area (Å²) in [5.41, 5.74) is 1.92. The standard InChI is InChI=1S/C22H31FN4O2/c1-24-21(26-16-22(12-14-28-2)10-3-4-11-22)25-13-9-19-15-29-20(27-19)17-5-7-18(23)8-6-17/h5-8,15H,3-4,9-14,16H2,1-2H3,(H2,24,25,26). The number of ether oxygens (including phenoxy) is 1. The first kappa shape index (κ1) is 21.3. The minimum atomic E-state index is -0.273. The second-order valence-electron chi connectivity index (χ2n) is 7.70. The number of halogens is 1. The van der Waals surface area contributed by atoms with Crippen molar-refractivity contribution >= 4 is 5.96 Å². The number of nitrogens with zero attached hydrogens (tertiary/aromatic N) is 2. The van der Waals surface area contributed by atoms with E-state index in [4.69, 9.17) is 9.15 Å². The molecule has 3 rings (SSSR count). The van der Waals surface area contributed by atoms with Crippen molar-refractivity contribution in [1.29, 1.82) is 0 Å². The van der Waals surface area contributed by atoms with Gasteiger partial charge in [-0.3, -0.25) is 4.99 Å². The first-order valence-electron chi connectivity index (χ1n) is 10.3. The van der Waals surface area contributed by atoms with Crippen molar-refractivity contribution in [2.24, 2.45) is 10.4 Å². The summed E-state index contributed by atoms with van der Waals surface area (Å²) in [4.78, 5) is 8.82. The molecule has 1 fully saturated rings. The topological polar surface area (TPSA) is 71.7 Å². The number of hydrogen-bond acceptors (Lipinski definition) is 4. The molecule has 29 heavy (non-hydrogen) atoms. The molecule has 158 valence electrons. The Morgan fingerprint density at radius 3 is 2.69 bits per heavy atom. The third kappa shape index (κ3) is 6.03. The molecular weight excluding hydrogens is 371 g/mol. The lowest BCUT2D eigenvalue weighted by Gasteiger charge is -2.29. The van der Waals surface area contributed by atoms with E-state index < -0.39 is 0 Å². The molecule has 1 saturated carbocycles. The van der Waals surface area contributed by atoms with Crippen LogP contribution < -0.4 is 10.6 Å².